The first-order valence-corrected chi connectivity index (χ1v) is 8.67. The molecule has 8 nitrogen and oxygen atoms in total. The van der Waals surface area contributed by atoms with Crippen molar-refractivity contribution in [2.75, 3.05) is 24.8 Å². The number of para-hydroxylation sites is 1. The number of ether oxygens (including phenoxy) is 1. The van der Waals surface area contributed by atoms with Crippen molar-refractivity contribution >= 4 is 49.6 Å². The Morgan fingerprint density at radius 3 is 2.81 bits per heavy atom. The van der Waals surface area contributed by atoms with E-state index in [1.54, 1.807) is 31.6 Å². The number of carbonyl (C=O) groups is 1. The Kier molecular flexibility index (Phi) is 3.92. The quantitative estimate of drug-likeness (QED) is 0.575. The zero-order valence-corrected chi connectivity index (χ0v) is 15.2. The SMILES string of the molecule is CNc1nc2sc(NC(=O)c3ccccc3OC)nc2c2c1ncn2C. The van der Waals surface area contributed by atoms with Crippen LogP contribution in [-0.2, 0) is 7.05 Å². The van der Waals surface area contributed by atoms with Crippen LogP contribution in [-0.4, -0.2) is 39.6 Å². The van der Waals surface area contributed by atoms with Crippen LogP contribution in [0.3, 0.4) is 0 Å². The fraction of sp³-hybridized carbons (Fsp3) is 0.176. The Labute approximate surface area is 152 Å². The van der Waals surface area contributed by atoms with Gasteiger partial charge in [-0.3, -0.25) is 10.1 Å². The van der Waals surface area contributed by atoms with Gasteiger partial charge in [-0.1, -0.05) is 23.5 Å². The zero-order chi connectivity index (χ0) is 18.3. The van der Waals surface area contributed by atoms with Gasteiger partial charge in [-0.05, 0) is 12.1 Å². The van der Waals surface area contributed by atoms with E-state index in [0.29, 0.717) is 27.8 Å². The number of aromatic nitrogens is 4. The van der Waals surface area contributed by atoms with Gasteiger partial charge in [0.05, 0.1) is 19.0 Å². The van der Waals surface area contributed by atoms with Crippen molar-refractivity contribution in [2.45, 2.75) is 0 Å². The smallest absolute Gasteiger partial charge is 0.261 e. The highest BCUT2D eigenvalue weighted by Crippen LogP contribution is 2.33. The van der Waals surface area contributed by atoms with E-state index in [1.165, 1.54) is 18.4 Å². The van der Waals surface area contributed by atoms with Crippen LogP contribution in [0.5, 0.6) is 5.75 Å². The number of rotatable bonds is 4. The molecular weight excluding hydrogens is 352 g/mol. The van der Waals surface area contributed by atoms with E-state index in [9.17, 15) is 4.79 Å². The lowest BCUT2D eigenvalue weighted by Crippen LogP contribution is -2.12. The number of fused-ring (bicyclic) bond motifs is 3. The van der Waals surface area contributed by atoms with Crippen molar-refractivity contribution in [3.05, 3.63) is 36.2 Å². The highest BCUT2D eigenvalue weighted by molar-refractivity contribution is 7.22. The van der Waals surface area contributed by atoms with Crippen LogP contribution in [0.15, 0.2) is 30.6 Å². The number of aryl methyl sites for hydroxylation is 1. The Balaban J connectivity index is 1.77. The summed E-state index contributed by atoms with van der Waals surface area (Å²) >= 11 is 1.31. The minimum absolute atomic E-state index is 0.281. The average molecular weight is 368 g/mol. The molecule has 0 saturated carbocycles. The molecule has 3 heterocycles. The fourth-order valence-corrected chi connectivity index (χ4v) is 3.64. The molecule has 0 unspecified atom stereocenters. The van der Waals surface area contributed by atoms with Gasteiger partial charge in [-0.25, -0.2) is 15.0 Å². The summed E-state index contributed by atoms with van der Waals surface area (Å²) < 4.78 is 7.14. The number of benzene rings is 1. The van der Waals surface area contributed by atoms with Gasteiger partial charge >= 0.3 is 0 Å². The third-order valence-electron chi connectivity index (χ3n) is 4.02. The molecule has 0 saturated heterocycles. The van der Waals surface area contributed by atoms with Crippen LogP contribution in [0.1, 0.15) is 10.4 Å². The summed E-state index contributed by atoms with van der Waals surface area (Å²) in [5.74, 6) is 0.909. The number of anilines is 2. The minimum Gasteiger partial charge on any atom is -0.496 e. The first-order valence-electron chi connectivity index (χ1n) is 7.86. The molecule has 0 spiro atoms. The number of hydrogen-bond donors (Lipinski definition) is 2. The van der Waals surface area contributed by atoms with Crippen molar-refractivity contribution in [1.29, 1.82) is 0 Å². The summed E-state index contributed by atoms with van der Waals surface area (Å²) in [5.41, 5.74) is 2.77. The molecule has 1 aromatic carbocycles. The monoisotopic (exact) mass is 368 g/mol. The summed E-state index contributed by atoms with van der Waals surface area (Å²) in [4.78, 5) is 26.8. The maximum absolute atomic E-state index is 12.6. The molecule has 3 aromatic heterocycles. The lowest BCUT2D eigenvalue weighted by atomic mass is 10.2. The molecule has 9 heteroatoms. The minimum atomic E-state index is -0.281. The van der Waals surface area contributed by atoms with Gasteiger partial charge in [-0.15, -0.1) is 0 Å². The van der Waals surface area contributed by atoms with Crippen molar-refractivity contribution in [3.63, 3.8) is 0 Å². The van der Waals surface area contributed by atoms with Gasteiger partial charge in [0.15, 0.2) is 10.9 Å². The van der Waals surface area contributed by atoms with Crippen LogP contribution in [0.25, 0.3) is 21.4 Å². The Bertz CT molecular complexity index is 1130. The molecule has 26 heavy (non-hydrogen) atoms. The first kappa shape index (κ1) is 16.3. The number of imidazole rings is 1. The third-order valence-corrected chi connectivity index (χ3v) is 4.88. The molecule has 132 valence electrons. The highest BCUT2D eigenvalue weighted by atomic mass is 32.1. The molecule has 4 aromatic rings. The van der Waals surface area contributed by atoms with Crippen molar-refractivity contribution in [2.24, 2.45) is 7.05 Å². The summed E-state index contributed by atoms with van der Waals surface area (Å²) in [5, 5.41) is 6.36. The molecule has 0 bridgehead atoms. The van der Waals surface area contributed by atoms with E-state index in [-0.39, 0.29) is 5.91 Å². The van der Waals surface area contributed by atoms with Crippen LogP contribution >= 0.6 is 11.3 Å². The van der Waals surface area contributed by atoms with Crippen LogP contribution in [0, 0.1) is 0 Å². The maximum Gasteiger partial charge on any atom is 0.261 e. The summed E-state index contributed by atoms with van der Waals surface area (Å²) in [7, 11) is 5.24. The Morgan fingerprint density at radius 1 is 1.23 bits per heavy atom. The van der Waals surface area contributed by atoms with Gasteiger partial charge in [0.1, 0.15) is 27.1 Å². The van der Waals surface area contributed by atoms with Crippen molar-refractivity contribution in [3.8, 4) is 5.75 Å². The highest BCUT2D eigenvalue weighted by Gasteiger charge is 2.18. The number of pyridine rings is 1. The van der Waals surface area contributed by atoms with E-state index < -0.39 is 0 Å². The first-order chi connectivity index (χ1) is 12.6. The lowest BCUT2D eigenvalue weighted by molar-refractivity contribution is 0.102. The van der Waals surface area contributed by atoms with E-state index in [0.717, 1.165) is 15.9 Å². The third kappa shape index (κ3) is 2.53. The van der Waals surface area contributed by atoms with Crippen LogP contribution in [0.4, 0.5) is 10.9 Å². The zero-order valence-electron chi connectivity index (χ0n) is 14.4. The predicted octanol–water partition coefficient (Wildman–Crippen LogP) is 2.88. The normalized spacial score (nSPS) is 11.0. The molecule has 0 radical (unpaired) electrons. The Hall–Kier alpha value is -3.20. The van der Waals surface area contributed by atoms with Crippen molar-refractivity contribution < 1.29 is 9.53 Å². The second kappa shape index (κ2) is 6.26. The summed E-state index contributed by atoms with van der Waals surface area (Å²) in [6.45, 7) is 0. The predicted molar refractivity (Wildman–Crippen MR) is 102 cm³/mol. The second-order valence-electron chi connectivity index (χ2n) is 5.59. The van der Waals surface area contributed by atoms with E-state index in [2.05, 4.69) is 25.6 Å². The molecule has 0 aliphatic rings. The van der Waals surface area contributed by atoms with Crippen molar-refractivity contribution in [1.82, 2.24) is 19.5 Å². The van der Waals surface area contributed by atoms with E-state index in [4.69, 9.17) is 4.74 Å². The summed E-state index contributed by atoms with van der Waals surface area (Å²) in [6, 6.07) is 7.05. The molecule has 0 atom stereocenters. The number of carbonyl (C=O) groups excluding carboxylic acids is 1. The molecule has 2 N–H and O–H groups in total. The standard InChI is InChI=1S/C17H16N6O2S/c1-18-14-11-13(23(2)8-19-11)12-16(21-14)26-17(20-12)22-15(24)9-6-4-5-7-10(9)25-3/h4-8H,1-3H3,(H,18,21)(H,20,22,24). The lowest BCUT2D eigenvalue weighted by Gasteiger charge is -2.06. The van der Waals surface area contributed by atoms with E-state index >= 15 is 0 Å². The number of amides is 1. The number of thiazole rings is 1. The van der Waals surface area contributed by atoms with Gasteiger partial charge < -0.3 is 14.6 Å². The molecule has 0 fully saturated rings. The molecular formula is C17H16N6O2S. The van der Waals surface area contributed by atoms with Gasteiger partial charge in [0.25, 0.3) is 5.91 Å². The van der Waals surface area contributed by atoms with Crippen LogP contribution in [0.2, 0.25) is 0 Å². The number of nitrogens with one attached hydrogen (secondary N) is 2. The fourth-order valence-electron chi connectivity index (χ4n) is 2.80. The number of nitrogens with zero attached hydrogens (tertiary/aromatic N) is 4. The van der Waals surface area contributed by atoms with E-state index in [1.807, 2.05) is 17.7 Å². The average Bonchev–Trinajstić information content (AvgIpc) is 3.23. The molecule has 0 aliphatic heterocycles. The summed E-state index contributed by atoms with van der Waals surface area (Å²) in [6.07, 6.45) is 1.72. The van der Waals surface area contributed by atoms with Gasteiger partial charge in [0.2, 0.25) is 0 Å². The number of methoxy groups -OCH3 is 1. The topological polar surface area (TPSA) is 94.0 Å². The van der Waals surface area contributed by atoms with Gasteiger partial charge in [0, 0.05) is 14.1 Å². The molecule has 4 rings (SSSR count). The number of hydrogen-bond acceptors (Lipinski definition) is 7. The molecule has 1 amide bonds. The largest absolute Gasteiger partial charge is 0.496 e. The van der Waals surface area contributed by atoms with Gasteiger partial charge in [-0.2, -0.15) is 0 Å². The maximum atomic E-state index is 12.6. The van der Waals surface area contributed by atoms with Crippen LogP contribution < -0.4 is 15.4 Å². The Morgan fingerprint density at radius 2 is 2.04 bits per heavy atom. The second-order valence-corrected chi connectivity index (χ2v) is 6.57. The molecule has 0 aliphatic carbocycles.